The fraction of sp³-hybridized carbons (Fsp3) is 0.353. The Kier molecular flexibility index (Phi) is 4.45. The average molecular weight is 301 g/mol. The van der Waals surface area contributed by atoms with Gasteiger partial charge in [0.1, 0.15) is 11.3 Å². The molecule has 1 heterocycles. The van der Waals surface area contributed by atoms with Crippen LogP contribution in [-0.2, 0) is 4.74 Å². The minimum Gasteiger partial charge on any atom is -0.451 e. The zero-order valence-electron chi connectivity index (χ0n) is 13.4. The van der Waals surface area contributed by atoms with E-state index in [-0.39, 0.29) is 11.3 Å². The Balaban J connectivity index is 2.18. The van der Waals surface area contributed by atoms with E-state index >= 15 is 0 Å². The second kappa shape index (κ2) is 6.13. The molecule has 0 saturated heterocycles. The molecule has 0 aliphatic rings. The Morgan fingerprint density at radius 3 is 2.45 bits per heavy atom. The molecule has 0 fully saturated rings. The highest BCUT2D eigenvalue weighted by molar-refractivity contribution is 6.02. The SMILES string of the molecule is Cc1ccc(C)c(C(=O)[C@@H](C)OC(=O)c2c(C)noc2C)c1. The van der Waals surface area contributed by atoms with Crippen molar-refractivity contribution in [2.75, 3.05) is 0 Å². The van der Waals surface area contributed by atoms with Crippen LogP contribution in [0.3, 0.4) is 0 Å². The van der Waals surface area contributed by atoms with Gasteiger partial charge in [-0.05, 0) is 46.2 Å². The highest BCUT2D eigenvalue weighted by Crippen LogP contribution is 2.18. The average Bonchev–Trinajstić information content (AvgIpc) is 2.79. The molecule has 5 heteroatoms. The van der Waals surface area contributed by atoms with Gasteiger partial charge in [0, 0.05) is 5.56 Å². The molecule has 0 N–H and O–H groups in total. The smallest absolute Gasteiger partial charge is 0.344 e. The van der Waals surface area contributed by atoms with E-state index in [9.17, 15) is 9.59 Å². The van der Waals surface area contributed by atoms with Crippen LogP contribution in [0.2, 0.25) is 0 Å². The maximum absolute atomic E-state index is 12.5. The molecule has 0 aliphatic heterocycles. The third kappa shape index (κ3) is 3.08. The van der Waals surface area contributed by atoms with Crippen molar-refractivity contribution in [3.8, 4) is 0 Å². The van der Waals surface area contributed by atoms with Crippen molar-refractivity contribution in [3.63, 3.8) is 0 Å². The molecule has 116 valence electrons. The van der Waals surface area contributed by atoms with Crippen molar-refractivity contribution in [1.82, 2.24) is 5.16 Å². The monoisotopic (exact) mass is 301 g/mol. The molecule has 5 nitrogen and oxygen atoms in total. The summed E-state index contributed by atoms with van der Waals surface area (Å²) in [5.41, 5.74) is 3.14. The van der Waals surface area contributed by atoms with Gasteiger partial charge >= 0.3 is 5.97 Å². The number of rotatable bonds is 4. The molecule has 0 aliphatic carbocycles. The van der Waals surface area contributed by atoms with Gasteiger partial charge in [-0.15, -0.1) is 0 Å². The second-order valence-corrected chi connectivity index (χ2v) is 5.43. The van der Waals surface area contributed by atoms with Crippen LogP contribution in [0.25, 0.3) is 0 Å². The van der Waals surface area contributed by atoms with Gasteiger partial charge in [0.05, 0.1) is 5.69 Å². The highest BCUT2D eigenvalue weighted by atomic mass is 16.5. The first-order valence-electron chi connectivity index (χ1n) is 7.06. The standard InChI is InChI=1S/C17H19NO4/c1-9-6-7-10(2)14(8-9)16(19)13(5)21-17(20)15-11(3)18-22-12(15)4/h6-8,13H,1-5H3/t13-/m1/s1. The third-order valence-electron chi connectivity index (χ3n) is 3.55. The number of Topliss-reactive ketones (excluding diaryl/α,β-unsaturated/α-hetero) is 1. The van der Waals surface area contributed by atoms with Gasteiger partial charge in [0.15, 0.2) is 6.10 Å². The predicted octanol–water partition coefficient (Wildman–Crippen LogP) is 3.34. The Morgan fingerprint density at radius 2 is 1.86 bits per heavy atom. The van der Waals surface area contributed by atoms with Gasteiger partial charge in [0.25, 0.3) is 0 Å². The fourth-order valence-electron chi connectivity index (χ4n) is 2.27. The minimum absolute atomic E-state index is 0.221. The van der Waals surface area contributed by atoms with E-state index in [1.54, 1.807) is 26.8 Å². The number of carbonyl (C=O) groups excluding carboxylic acids is 2. The summed E-state index contributed by atoms with van der Waals surface area (Å²) < 4.78 is 10.2. The Labute approximate surface area is 129 Å². The first-order valence-corrected chi connectivity index (χ1v) is 7.06. The lowest BCUT2D eigenvalue weighted by molar-refractivity contribution is 0.0316. The second-order valence-electron chi connectivity index (χ2n) is 5.43. The van der Waals surface area contributed by atoms with E-state index in [0.717, 1.165) is 11.1 Å². The summed E-state index contributed by atoms with van der Waals surface area (Å²) in [7, 11) is 0. The van der Waals surface area contributed by atoms with Gasteiger partial charge in [-0.3, -0.25) is 4.79 Å². The molecule has 0 bridgehead atoms. The molecule has 0 amide bonds. The van der Waals surface area contributed by atoms with Crippen LogP contribution >= 0.6 is 0 Å². The summed E-state index contributed by atoms with van der Waals surface area (Å²) in [6, 6.07) is 5.62. The largest absolute Gasteiger partial charge is 0.451 e. The number of hydrogen-bond acceptors (Lipinski definition) is 5. The summed E-state index contributed by atoms with van der Waals surface area (Å²) in [6.45, 7) is 8.63. The van der Waals surface area contributed by atoms with Gasteiger partial charge in [-0.2, -0.15) is 0 Å². The predicted molar refractivity (Wildman–Crippen MR) is 81.1 cm³/mol. The quantitative estimate of drug-likeness (QED) is 0.640. The summed E-state index contributed by atoms with van der Waals surface area (Å²) in [6.07, 6.45) is -0.873. The zero-order chi connectivity index (χ0) is 16.4. The molecule has 22 heavy (non-hydrogen) atoms. The molecule has 0 saturated carbocycles. The molecule has 0 radical (unpaired) electrons. The van der Waals surface area contributed by atoms with Gasteiger partial charge in [-0.25, -0.2) is 4.79 Å². The highest BCUT2D eigenvalue weighted by Gasteiger charge is 2.25. The van der Waals surface area contributed by atoms with Crippen molar-refractivity contribution in [1.29, 1.82) is 0 Å². The van der Waals surface area contributed by atoms with Crippen LogP contribution in [0, 0.1) is 27.7 Å². The lowest BCUT2D eigenvalue weighted by Crippen LogP contribution is -2.25. The minimum atomic E-state index is -0.873. The van der Waals surface area contributed by atoms with Crippen LogP contribution < -0.4 is 0 Å². The van der Waals surface area contributed by atoms with Crippen LogP contribution in [0.15, 0.2) is 22.7 Å². The van der Waals surface area contributed by atoms with Crippen LogP contribution in [0.1, 0.15) is 50.2 Å². The maximum Gasteiger partial charge on any atom is 0.344 e. The Hall–Kier alpha value is -2.43. The molecule has 0 spiro atoms. The molecule has 2 aromatic rings. The van der Waals surface area contributed by atoms with Crippen LogP contribution in [-0.4, -0.2) is 23.0 Å². The fourth-order valence-corrected chi connectivity index (χ4v) is 2.27. The Bertz CT molecular complexity index is 711. The lowest BCUT2D eigenvalue weighted by Gasteiger charge is -2.14. The number of aryl methyl sites for hydroxylation is 4. The normalized spacial score (nSPS) is 12.0. The van der Waals surface area contributed by atoms with E-state index < -0.39 is 12.1 Å². The summed E-state index contributed by atoms with van der Waals surface area (Å²) in [4.78, 5) is 24.6. The number of carbonyl (C=O) groups is 2. The van der Waals surface area contributed by atoms with Crippen molar-refractivity contribution < 1.29 is 18.8 Å². The molecular weight excluding hydrogens is 282 g/mol. The van der Waals surface area contributed by atoms with E-state index in [1.807, 2.05) is 26.0 Å². The van der Waals surface area contributed by atoms with Crippen molar-refractivity contribution in [2.24, 2.45) is 0 Å². The van der Waals surface area contributed by atoms with Crippen molar-refractivity contribution >= 4 is 11.8 Å². The number of ketones is 1. The van der Waals surface area contributed by atoms with E-state index in [0.29, 0.717) is 17.0 Å². The number of ether oxygens (including phenoxy) is 1. The van der Waals surface area contributed by atoms with Crippen molar-refractivity contribution in [2.45, 2.75) is 40.7 Å². The number of nitrogens with zero attached hydrogens (tertiary/aromatic N) is 1. The molecule has 0 unspecified atom stereocenters. The molecule has 1 aromatic heterocycles. The Morgan fingerprint density at radius 1 is 1.18 bits per heavy atom. The topological polar surface area (TPSA) is 69.4 Å². The van der Waals surface area contributed by atoms with Crippen LogP contribution in [0.5, 0.6) is 0 Å². The summed E-state index contributed by atoms with van der Waals surface area (Å²) in [5.74, 6) is -0.433. The molecule has 2 rings (SSSR count). The summed E-state index contributed by atoms with van der Waals surface area (Å²) >= 11 is 0. The van der Waals surface area contributed by atoms with E-state index in [4.69, 9.17) is 9.26 Å². The van der Waals surface area contributed by atoms with Gasteiger partial charge in [0.2, 0.25) is 5.78 Å². The molecule has 1 aromatic carbocycles. The maximum atomic E-state index is 12.5. The zero-order valence-corrected chi connectivity index (χ0v) is 13.4. The van der Waals surface area contributed by atoms with E-state index in [1.165, 1.54) is 0 Å². The van der Waals surface area contributed by atoms with Gasteiger partial charge < -0.3 is 9.26 Å². The molecular formula is C17H19NO4. The first-order chi connectivity index (χ1) is 10.3. The number of esters is 1. The lowest BCUT2D eigenvalue weighted by atomic mass is 9.99. The van der Waals surface area contributed by atoms with E-state index in [2.05, 4.69) is 5.16 Å². The van der Waals surface area contributed by atoms with Crippen molar-refractivity contribution in [3.05, 3.63) is 51.9 Å². The summed E-state index contributed by atoms with van der Waals surface area (Å²) in [5, 5.41) is 3.71. The van der Waals surface area contributed by atoms with Crippen LogP contribution in [0.4, 0.5) is 0 Å². The first kappa shape index (κ1) is 15.9. The molecule has 1 atom stereocenters. The number of benzene rings is 1. The van der Waals surface area contributed by atoms with Gasteiger partial charge in [-0.1, -0.05) is 22.9 Å². The number of hydrogen-bond donors (Lipinski definition) is 0. The number of aromatic nitrogens is 1. The third-order valence-corrected chi connectivity index (χ3v) is 3.55.